The molecule has 17 heavy (non-hydrogen) atoms. The van der Waals surface area contributed by atoms with Crippen LogP contribution in [0.3, 0.4) is 0 Å². The number of nitrogens with zero attached hydrogens (tertiary/aromatic N) is 2. The molecule has 2 aromatic rings. The first-order chi connectivity index (χ1) is 8.40. The summed E-state index contributed by atoms with van der Waals surface area (Å²) in [6.07, 6.45) is 4.63. The van der Waals surface area contributed by atoms with Gasteiger partial charge in [0.2, 0.25) is 0 Å². The summed E-state index contributed by atoms with van der Waals surface area (Å²) in [7, 11) is 0. The fourth-order valence-electron chi connectivity index (χ4n) is 1.70. The molecule has 0 unspecified atom stereocenters. The molecule has 5 heteroatoms. The van der Waals surface area contributed by atoms with Crippen molar-refractivity contribution in [2.45, 2.75) is 31.7 Å². The maximum absolute atomic E-state index is 4.25. The quantitative estimate of drug-likeness (QED) is 0.872. The van der Waals surface area contributed by atoms with Crippen LogP contribution in [0.4, 0.5) is 0 Å². The van der Waals surface area contributed by atoms with Gasteiger partial charge in [-0.05, 0) is 35.2 Å². The largest absolute Gasteiger partial charge is 0.314 e. The third-order valence-corrected chi connectivity index (χ3v) is 4.51. The molecule has 0 amide bonds. The number of thiophene rings is 1. The minimum Gasteiger partial charge on any atom is -0.314 e. The normalized spacial score (nSPS) is 15.3. The van der Waals surface area contributed by atoms with Crippen molar-refractivity contribution >= 4 is 22.7 Å². The van der Waals surface area contributed by atoms with Gasteiger partial charge in [-0.2, -0.15) is 11.3 Å². The minimum absolute atomic E-state index is 0.785. The number of hydrogen-bond acceptors (Lipinski definition) is 5. The van der Waals surface area contributed by atoms with Gasteiger partial charge in [0.15, 0.2) is 0 Å². The topological polar surface area (TPSA) is 37.8 Å². The van der Waals surface area contributed by atoms with Gasteiger partial charge in [-0.3, -0.25) is 0 Å². The summed E-state index contributed by atoms with van der Waals surface area (Å²) < 4.78 is 0. The van der Waals surface area contributed by atoms with E-state index in [1.807, 2.05) is 0 Å². The zero-order valence-corrected chi connectivity index (χ0v) is 11.2. The molecule has 1 aliphatic rings. The van der Waals surface area contributed by atoms with Crippen molar-refractivity contribution in [3.05, 3.63) is 32.4 Å². The van der Waals surface area contributed by atoms with Crippen LogP contribution in [0.2, 0.25) is 0 Å². The summed E-state index contributed by atoms with van der Waals surface area (Å²) >= 11 is 3.48. The average molecular weight is 265 g/mol. The summed E-state index contributed by atoms with van der Waals surface area (Å²) in [6.45, 7) is 1.04. The highest BCUT2D eigenvalue weighted by Crippen LogP contribution is 2.19. The summed E-state index contributed by atoms with van der Waals surface area (Å²) in [6, 6.07) is 2.94. The van der Waals surface area contributed by atoms with Gasteiger partial charge in [0.1, 0.15) is 10.0 Å². The monoisotopic (exact) mass is 265 g/mol. The average Bonchev–Trinajstić information content (AvgIpc) is 2.83. The lowest BCUT2D eigenvalue weighted by molar-refractivity contribution is 0.677. The molecule has 2 heterocycles. The Labute approximate surface area is 109 Å². The molecule has 2 aromatic heterocycles. The van der Waals surface area contributed by atoms with Crippen LogP contribution in [-0.4, -0.2) is 22.8 Å². The maximum Gasteiger partial charge on any atom is 0.121 e. The van der Waals surface area contributed by atoms with Gasteiger partial charge < -0.3 is 5.32 Å². The van der Waals surface area contributed by atoms with Gasteiger partial charge in [0.25, 0.3) is 0 Å². The highest BCUT2D eigenvalue weighted by molar-refractivity contribution is 7.11. The zero-order valence-electron chi connectivity index (χ0n) is 9.56. The van der Waals surface area contributed by atoms with Gasteiger partial charge in [-0.25, -0.2) is 0 Å². The molecule has 1 N–H and O–H groups in total. The lowest BCUT2D eigenvalue weighted by atomic mass is 10.3. The molecule has 1 saturated carbocycles. The summed E-state index contributed by atoms with van der Waals surface area (Å²) in [5.74, 6) is 0. The standard InChI is InChI=1S/C12H15N3S2/c1-2-10(1)13-5-3-11-14-15-12(17-11)7-9-4-6-16-8-9/h4,6,8,10,13H,1-3,5,7H2. The number of rotatable bonds is 6. The Bertz CT molecular complexity index is 460. The second-order valence-corrected chi connectivity index (χ2v) is 6.30. The molecule has 0 atom stereocenters. The molecule has 1 fully saturated rings. The Kier molecular flexibility index (Phi) is 3.49. The number of nitrogens with one attached hydrogen (secondary N) is 1. The SMILES string of the molecule is c1cc(Cc2nnc(CCNC3CC3)s2)cs1. The van der Waals surface area contributed by atoms with Crippen molar-refractivity contribution in [2.75, 3.05) is 6.54 Å². The lowest BCUT2D eigenvalue weighted by Crippen LogP contribution is -2.19. The highest BCUT2D eigenvalue weighted by Gasteiger charge is 2.19. The van der Waals surface area contributed by atoms with E-state index in [4.69, 9.17) is 0 Å². The van der Waals surface area contributed by atoms with Crippen molar-refractivity contribution in [2.24, 2.45) is 0 Å². The molecular formula is C12H15N3S2. The minimum atomic E-state index is 0.785. The molecule has 3 rings (SSSR count). The van der Waals surface area contributed by atoms with E-state index >= 15 is 0 Å². The fraction of sp³-hybridized carbons (Fsp3) is 0.500. The van der Waals surface area contributed by atoms with Crippen molar-refractivity contribution in [3.63, 3.8) is 0 Å². The Morgan fingerprint density at radius 2 is 2.18 bits per heavy atom. The first kappa shape index (κ1) is 11.3. The maximum atomic E-state index is 4.25. The number of hydrogen-bond donors (Lipinski definition) is 1. The van der Waals surface area contributed by atoms with E-state index in [9.17, 15) is 0 Å². The van der Waals surface area contributed by atoms with Crippen molar-refractivity contribution < 1.29 is 0 Å². The van der Waals surface area contributed by atoms with Gasteiger partial charge >= 0.3 is 0 Å². The van der Waals surface area contributed by atoms with Crippen LogP contribution in [0.1, 0.15) is 28.4 Å². The van der Waals surface area contributed by atoms with E-state index in [1.54, 1.807) is 22.7 Å². The molecular weight excluding hydrogens is 250 g/mol. The summed E-state index contributed by atoms with van der Waals surface area (Å²) in [4.78, 5) is 0. The van der Waals surface area contributed by atoms with E-state index in [1.165, 1.54) is 18.4 Å². The fourth-order valence-corrected chi connectivity index (χ4v) is 3.25. The first-order valence-electron chi connectivity index (χ1n) is 5.96. The second kappa shape index (κ2) is 5.25. The van der Waals surface area contributed by atoms with Crippen molar-refractivity contribution in [3.8, 4) is 0 Å². The first-order valence-corrected chi connectivity index (χ1v) is 7.72. The molecule has 0 spiro atoms. The van der Waals surface area contributed by atoms with E-state index in [2.05, 4.69) is 32.3 Å². The van der Waals surface area contributed by atoms with E-state index in [0.29, 0.717) is 0 Å². The molecule has 0 aliphatic heterocycles. The van der Waals surface area contributed by atoms with E-state index in [0.717, 1.165) is 35.4 Å². The summed E-state index contributed by atoms with van der Waals surface area (Å²) in [5, 5.41) is 18.6. The van der Waals surface area contributed by atoms with Gasteiger partial charge in [-0.1, -0.05) is 0 Å². The van der Waals surface area contributed by atoms with Crippen LogP contribution >= 0.6 is 22.7 Å². The van der Waals surface area contributed by atoms with Crippen molar-refractivity contribution in [1.82, 2.24) is 15.5 Å². The molecule has 0 radical (unpaired) electrons. The third-order valence-electron chi connectivity index (χ3n) is 2.79. The van der Waals surface area contributed by atoms with Gasteiger partial charge in [0, 0.05) is 25.4 Å². The predicted octanol–water partition coefficient (Wildman–Crippen LogP) is 2.48. The van der Waals surface area contributed by atoms with Crippen LogP contribution in [-0.2, 0) is 12.8 Å². The molecule has 3 nitrogen and oxygen atoms in total. The molecule has 0 aromatic carbocycles. The van der Waals surface area contributed by atoms with Crippen molar-refractivity contribution in [1.29, 1.82) is 0 Å². The van der Waals surface area contributed by atoms with E-state index < -0.39 is 0 Å². The van der Waals surface area contributed by atoms with Crippen LogP contribution in [0.15, 0.2) is 16.8 Å². The van der Waals surface area contributed by atoms with Crippen LogP contribution < -0.4 is 5.32 Å². The number of aromatic nitrogens is 2. The third kappa shape index (κ3) is 3.34. The Morgan fingerprint density at radius 1 is 1.29 bits per heavy atom. The summed E-state index contributed by atoms with van der Waals surface area (Å²) in [5.41, 5.74) is 1.34. The molecule has 1 aliphatic carbocycles. The second-order valence-electron chi connectivity index (χ2n) is 4.38. The Morgan fingerprint density at radius 3 is 2.94 bits per heavy atom. The van der Waals surface area contributed by atoms with Crippen LogP contribution in [0.25, 0.3) is 0 Å². The van der Waals surface area contributed by atoms with E-state index in [-0.39, 0.29) is 0 Å². The molecule has 0 saturated heterocycles. The van der Waals surface area contributed by atoms with Crippen LogP contribution in [0.5, 0.6) is 0 Å². The van der Waals surface area contributed by atoms with Gasteiger partial charge in [0.05, 0.1) is 0 Å². The smallest absolute Gasteiger partial charge is 0.121 e. The predicted molar refractivity (Wildman–Crippen MR) is 71.8 cm³/mol. The molecule has 90 valence electrons. The zero-order chi connectivity index (χ0) is 11.5. The van der Waals surface area contributed by atoms with Gasteiger partial charge in [-0.15, -0.1) is 21.5 Å². The Balaban J connectivity index is 1.50. The molecule has 0 bridgehead atoms. The lowest BCUT2D eigenvalue weighted by Gasteiger charge is -1.97. The van der Waals surface area contributed by atoms with Crippen LogP contribution in [0, 0.1) is 0 Å². The highest BCUT2D eigenvalue weighted by atomic mass is 32.1. The Hall–Kier alpha value is -0.780.